The number of rotatable bonds is 5. The third-order valence-corrected chi connectivity index (χ3v) is 3.04. The van der Waals surface area contributed by atoms with Crippen LogP contribution in [0.3, 0.4) is 0 Å². The van der Waals surface area contributed by atoms with Crippen LogP contribution in [0.4, 0.5) is 21.9 Å². The van der Waals surface area contributed by atoms with Crippen molar-refractivity contribution in [2.45, 2.75) is 13.0 Å². The van der Waals surface area contributed by atoms with Crippen molar-refractivity contribution in [1.29, 1.82) is 0 Å². The van der Waals surface area contributed by atoms with Gasteiger partial charge in [0, 0.05) is 23.5 Å². The van der Waals surface area contributed by atoms with Crippen LogP contribution in [0.2, 0.25) is 0 Å². The van der Waals surface area contributed by atoms with E-state index in [1.165, 1.54) is 12.1 Å². The summed E-state index contributed by atoms with van der Waals surface area (Å²) in [5, 5.41) is 13.7. The van der Waals surface area contributed by atoms with Crippen molar-refractivity contribution in [2.75, 3.05) is 5.32 Å². The molecule has 0 saturated carbocycles. The molecule has 1 atom stereocenters. The first-order valence-corrected chi connectivity index (χ1v) is 6.53. The average molecular weight is 301 g/mol. The van der Waals surface area contributed by atoms with Gasteiger partial charge in [-0.3, -0.25) is 10.1 Å². The summed E-state index contributed by atoms with van der Waals surface area (Å²) in [6, 6.07) is 13.4. The van der Waals surface area contributed by atoms with Crippen LogP contribution < -0.4 is 11.1 Å². The minimum Gasteiger partial charge on any atom is -0.442 e. The van der Waals surface area contributed by atoms with Crippen molar-refractivity contribution in [2.24, 2.45) is 5.73 Å². The molecular weight excluding hydrogens is 286 g/mol. The Kier molecular flexibility index (Phi) is 4.57. The highest BCUT2D eigenvalue weighted by Crippen LogP contribution is 2.23. The minimum absolute atomic E-state index is 0.0401. The maximum absolute atomic E-state index is 10.7. The first kappa shape index (κ1) is 15.3. The van der Waals surface area contributed by atoms with Crippen LogP contribution in [0.25, 0.3) is 0 Å². The molecule has 0 aliphatic heterocycles. The Morgan fingerprint density at radius 2 is 1.64 bits per heavy atom. The van der Waals surface area contributed by atoms with Gasteiger partial charge in [-0.2, -0.15) is 0 Å². The zero-order valence-electron chi connectivity index (χ0n) is 11.9. The lowest BCUT2D eigenvalue weighted by molar-refractivity contribution is -0.384. The zero-order chi connectivity index (χ0) is 16.1. The Morgan fingerprint density at radius 1 is 1.14 bits per heavy atom. The van der Waals surface area contributed by atoms with E-state index in [1.54, 1.807) is 31.2 Å². The molecule has 1 amide bonds. The molecule has 0 saturated heterocycles. The number of hydrogen-bond acceptors (Lipinski definition) is 5. The first-order valence-electron chi connectivity index (χ1n) is 6.53. The van der Waals surface area contributed by atoms with E-state index in [4.69, 9.17) is 10.5 Å². The quantitative estimate of drug-likeness (QED) is 0.649. The maximum atomic E-state index is 10.7. The van der Waals surface area contributed by atoms with Crippen molar-refractivity contribution in [3.05, 3.63) is 64.2 Å². The molecule has 0 heterocycles. The Labute approximate surface area is 126 Å². The molecule has 0 fully saturated rings. The second-order valence-corrected chi connectivity index (χ2v) is 4.63. The fourth-order valence-electron chi connectivity index (χ4n) is 1.91. The third kappa shape index (κ3) is 3.95. The molecule has 0 spiro atoms. The molecular formula is C15H15N3O4. The van der Waals surface area contributed by atoms with E-state index < -0.39 is 17.1 Å². The van der Waals surface area contributed by atoms with Crippen molar-refractivity contribution >= 4 is 23.2 Å². The monoisotopic (exact) mass is 301 g/mol. The summed E-state index contributed by atoms with van der Waals surface area (Å²) in [6.07, 6.45) is -1.24. The van der Waals surface area contributed by atoms with E-state index in [1.807, 2.05) is 12.1 Å². The van der Waals surface area contributed by atoms with Gasteiger partial charge in [0.1, 0.15) is 6.10 Å². The van der Waals surface area contributed by atoms with Gasteiger partial charge in [-0.15, -0.1) is 0 Å². The Hall–Kier alpha value is -3.09. The van der Waals surface area contributed by atoms with Gasteiger partial charge in [0.25, 0.3) is 5.69 Å². The normalized spacial score (nSPS) is 11.5. The number of nitro groups is 1. The van der Waals surface area contributed by atoms with Crippen molar-refractivity contribution in [3.63, 3.8) is 0 Å². The number of anilines is 2. The number of benzene rings is 2. The third-order valence-electron chi connectivity index (χ3n) is 3.04. The Morgan fingerprint density at radius 3 is 2.09 bits per heavy atom. The minimum atomic E-state index is -0.819. The SMILES string of the molecule is C[C@H](OC(N)=O)c1ccc(Nc2ccc([N+](=O)[O-])cc2)cc1. The van der Waals surface area contributed by atoms with Gasteiger partial charge < -0.3 is 15.8 Å². The van der Waals surface area contributed by atoms with Gasteiger partial charge in [0.2, 0.25) is 0 Å². The van der Waals surface area contributed by atoms with Crippen LogP contribution >= 0.6 is 0 Å². The van der Waals surface area contributed by atoms with Gasteiger partial charge >= 0.3 is 6.09 Å². The number of nitrogens with zero attached hydrogens (tertiary/aromatic N) is 1. The Bertz CT molecular complexity index is 668. The molecule has 0 unspecified atom stereocenters. The summed E-state index contributed by atoms with van der Waals surface area (Å²) >= 11 is 0. The predicted molar refractivity (Wildman–Crippen MR) is 81.9 cm³/mol. The molecule has 2 aromatic carbocycles. The molecule has 0 radical (unpaired) electrons. The van der Waals surface area contributed by atoms with Gasteiger partial charge in [-0.05, 0) is 36.8 Å². The number of amides is 1. The van der Waals surface area contributed by atoms with E-state index >= 15 is 0 Å². The maximum Gasteiger partial charge on any atom is 0.405 e. The predicted octanol–water partition coefficient (Wildman–Crippen LogP) is 3.49. The summed E-state index contributed by atoms with van der Waals surface area (Å²) in [7, 11) is 0. The van der Waals surface area contributed by atoms with E-state index in [-0.39, 0.29) is 5.69 Å². The fourth-order valence-corrected chi connectivity index (χ4v) is 1.91. The molecule has 114 valence electrons. The highest BCUT2D eigenvalue weighted by atomic mass is 16.6. The first-order chi connectivity index (χ1) is 10.5. The molecule has 0 aromatic heterocycles. The summed E-state index contributed by atoms with van der Waals surface area (Å²) in [4.78, 5) is 20.8. The number of ether oxygens (including phenoxy) is 1. The van der Waals surface area contributed by atoms with Crippen LogP contribution in [0.5, 0.6) is 0 Å². The highest BCUT2D eigenvalue weighted by molar-refractivity contribution is 5.65. The number of primary amides is 1. The summed E-state index contributed by atoms with van der Waals surface area (Å²) in [5.41, 5.74) is 7.37. The zero-order valence-corrected chi connectivity index (χ0v) is 11.9. The standard InChI is InChI=1S/C15H15N3O4/c1-10(22-15(16)19)11-2-4-12(5-3-11)17-13-6-8-14(9-7-13)18(20)21/h2-10,17H,1H3,(H2,16,19)/t10-/m0/s1. The lowest BCUT2D eigenvalue weighted by atomic mass is 10.1. The fraction of sp³-hybridized carbons (Fsp3) is 0.133. The summed E-state index contributed by atoms with van der Waals surface area (Å²) in [5.74, 6) is 0. The number of nitrogens with two attached hydrogens (primary N) is 1. The number of hydrogen-bond donors (Lipinski definition) is 2. The number of carbonyl (C=O) groups excluding carboxylic acids is 1. The average Bonchev–Trinajstić information content (AvgIpc) is 2.48. The topological polar surface area (TPSA) is 107 Å². The number of carbonyl (C=O) groups is 1. The van der Waals surface area contributed by atoms with Crippen molar-refractivity contribution in [3.8, 4) is 0 Å². The van der Waals surface area contributed by atoms with Crippen LogP contribution in [0, 0.1) is 10.1 Å². The second-order valence-electron chi connectivity index (χ2n) is 4.63. The number of non-ortho nitro benzene ring substituents is 1. The van der Waals surface area contributed by atoms with Gasteiger partial charge in [0.05, 0.1) is 4.92 Å². The van der Waals surface area contributed by atoms with Gasteiger partial charge in [0.15, 0.2) is 0 Å². The molecule has 0 bridgehead atoms. The van der Waals surface area contributed by atoms with E-state index in [0.717, 1.165) is 16.9 Å². The summed E-state index contributed by atoms with van der Waals surface area (Å²) < 4.78 is 4.88. The van der Waals surface area contributed by atoms with Crippen LogP contribution in [0.15, 0.2) is 48.5 Å². The number of nitro benzene ring substituents is 1. The smallest absolute Gasteiger partial charge is 0.405 e. The van der Waals surface area contributed by atoms with E-state index in [9.17, 15) is 14.9 Å². The molecule has 2 aromatic rings. The van der Waals surface area contributed by atoms with Crippen molar-refractivity contribution < 1.29 is 14.5 Å². The molecule has 0 aliphatic carbocycles. The molecule has 3 N–H and O–H groups in total. The molecule has 22 heavy (non-hydrogen) atoms. The van der Waals surface area contributed by atoms with Gasteiger partial charge in [-0.1, -0.05) is 12.1 Å². The lowest BCUT2D eigenvalue weighted by Gasteiger charge is -2.12. The van der Waals surface area contributed by atoms with E-state index in [2.05, 4.69) is 5.32 Å². The molecule has 2 rings (SSSR count). The second kappa shape index (κ2) is 6.57. The van der Waals surface area contributed by atoms with E-state index in [0.29, 0.717) is 0 Å². The van der Waals surface area contributed by atoms with Crippen LogP contribution in [-0.2, 0) is 4.74 Å². The lowest BCUT2D eigenvalue weighted by Crippen LogP contribution is -2.15. The van der Waals surface area contributed by atoms with Crippen LogP contribution in [0.1, 0.15) is 18.6 Å². The largest absolute Gasteiger partial charge is 0.442 e. The van der Waals surface area contributed by atoms with Crippen LogP contribution in [-0.4, -0.2) is 11.0 Å². The summed E-state index contributed by atoms with van der Waals surface area (Å²) in [6.45, 7) is 1.73. The molecule has 7 heteroatoms. The number of nitrogens with one attached hydrogen (secondary N) is 1. The van der Waals surface area contributed by atoms with Gasteiger partial charge in [-0.25, -0.2) is 4.79 Å². The molecule has 7 nitrogen and oxygen atoms in total. The molecule has 0 aliphatic rings. The Balaban J connectivity index is 2.04. The highest BCUT2D eigenvalue weighted by Gasteiger charge is 2.09. The van der Waals surface area contributed by atoms with Crippen molar-refractivity contribution in [1.82, 2.24) is 0 Å².